The third-order valence-corrected chi connectivity index (χ3v) is 6.58. The van der Waals surface area contributed by atoms with Crippen LogP contribution in [0.2, 0.25) is 0 Å². The Balaban J connectivity index is 1.12. The van der Waals surface area contributed by atoms with Gasteiger partial charge in [-0.3, -0.25) is 4.98 Å². The fourth-order valence-electron chi connectivity index (χ4n) is 4.38. The van der Waals surface area contributed by atoms with E-state index in [1.165, 1.54) is 12.4 Å². The Labute approximate surface area is 254 Å². The van der Waals surface area contributed by atoms with Crippen LogP contribution in [0.4, 0.5) is 35.2 Å². The number of carbonyl (C=O) groups is 1. The van der Waals surface area contributed by atoms with Crippen molar-refractivity contribution in [2.24, 2.45) is 0 Å². The van der Waals surface area contributed by atoms with Gasteiger partial charge in [-0.2, -0.15) is 18.3 Å². The second-order valence-electron chi connectivity index (χ2n) is 9.95. The Morgan fingerprint density at radius 2 is 1.60 bits per heavy atom. The zero-order valence-corrected chi connectivity index (χ0v) is 23.8. The normalized spacial score (nSPS) is 11.3. The number of hydrogen-bond acceptors (Lipinski definition) is 8. The monoisotopic (exact) mass is 611 g/mol. The molecule has 2 amide bonds. The third kappa shape index (κ3) is 6.49. The first kappa shape index (κ1) is 29.0. The highest BCUT2D eigenvalue weighted by atomic mass is 19.4. The van der Waals surface area contributed by atoms with Gasteiger partial charge in [-0.25, -0.2) is 24.3 Å². The second kappa shape index (κ2) is 11.9. The minimum absolute atomic E-state index is 0.0235. The number of halogens is 3. The van der Waals surface area contributed by atoms with Crippen molar-refractivity contribution in [1.29, 1.82) is 0 Å². The molecule has 0 saturated heterocycles. The number of ether oxygens (including phenoxy) is 1. The highest BCUT2D eigenvalue weighted by Crippen LogP contribution is 2.34. The van der Waals surface area contributed by atoms with Crippen LogP contribution < -0.4 is 20.3 Å². The number of hydrogen-bond donors (Lipinski definition) is 2. The molecule has 0 fully saturated rings. The molecular weight excluding hydrogens is 587 g/mol. The lowest BCUT2D eigenvalue weighted by Gasteiger charge is -2.14. The Kier molecular flexibility index (Phi) is 7.69. The fourth-order valence-corrected chi connectivity index (χ4v) is 4.38. The minimum Gasteiger partial charge on any atom is -0.424 e. The predicted molar refractivity (Wildman–Crippen MR) is 162 cm³/mol. The molecular formula is C31H24F3N9O2. The van der Waals surface area contributed by atoms with E-state index in [9.17, 15) is 18.0 Å². The maximum Gasteiger partial charge on any atom is 0.417 e. The molecule has 0 radical (unpaired) electrons. The van der Waals surface area contributed by atoms with E-state index in [1.807, 2.05) is 43.4 Å². The van der Waals surface area contributed by atoms with Crippen LogP contribution in [0.5, 0.6) is 11.8 Å². The van der Waals surface area contributed by atoms with E-state index in [-0.39, 0.29) is 23.1 Å². The smallest absolute Gasteiger partial charge is 0.417 e. The molecule has 11 nitrogen and oxygen atoms in total. The van der Waals surface area contributed by atoms with Crippen LogP contribution in [-0.4, -0.2) is 49.7 Å². The van der Waals surface area contributed by atoms with Crippen LogP contribution >= 0.6 is 0 Å². The first-order chi connectivity index (χ1) is 21.6. The molecule has 0 atom stereocenters. The van der Waals surface area contributed by atoms with Crippen molar-refractivity contribution in [2.75, 3.05) is 29.6 Å². The molecule has 14 heteroatoms. The van der Waals surface area contributed by atoms with Crippen molar-refractivity contribution in [2.45, 2.75) is 6.18 Å². The summed E-state index contributed by atoms with van der Waals surface area (Å²) in [6.45, 7) is 0. The Hall–Kier alpha value is -6.05. The molecule has 45 heavy (non-hydrogen) atoms. The van der Waals surface area contributed by atoms with E-state index in [1.54, 1.807) is 53.2 Å². The van der Waals surface area contributed by atoms with Gasteiger partial charge in [0.05, 0.1) is 41.2 Å². The Morgan fingerprint density at radius 1 is 0.867 bits per heavy atom. The summed E-state index contributed by atoms with van der Waals surface area (Å²) in [5.74, 6) is 1.28. The molecule has 4 aromatic heterocycles. The van der Waals surface area contributed by atoms with Gasteiger partial charge in [0.15, 0.2) is 5.65 Å². The van der Waals surface area contributed by atoms with Crippen LogP contribution in [0.15, 0.2) is 97.7 Å². The lowest BCUT2D eigenvalue weighted by atomic mass is 10.1. The van der Waals surface area contributed by atoms with Crippen molar-refractivity contribution in [3.63, 3.8) is 0 Å². The number of amides is 2. The summed E-state index contributed by atoms with van der Waals surface area (Å²) in [5.41, 5.74) is 2.25. The number of fused-ring (bicyclic) bond motifs is 1. The number of urea groups is 1. The van der Waals surface area contributed by atoms with Gasteiger partial charge in [0.1, 0.15) is 11.6 Å². The molecule has 4 heterocycles. The highest BCUT2D eigenvalue weighted by molar-refractivity contribution is 6.01. The minimum atomic E-state index is -4.64. The summed E-state index contributed by atoms with van der Waals surface area (Å²) in [7, 11) is 3.83. The van der Waals surface area contributed by atoms with Crippen molar-refractivity contribution in [1.82, 2.24) is 29.5 Å². The number of nitrogens with one attached hydrogen (secondary N) is 2. The summed E-state index contributed by atoms with van der Waals surface area (Å²) in [4.78, 5) is 31.5. The number of rotatable bonds is 7. The van der Waals surface area contributed by atoms with Crippen LogP contribution in [0.1, 0.15) is 5.56 Å². The van der Waals surface area contributed by atoms with Crippen molar-refractivity contribution < 1.29 is 22.7 Å². The van der Waals surface area contributed by atoms with Gasteiger partial charge < -0.3 is 20.3 Å². The maximum atomic E-state index is 13.4. The van der Waals surface area contributed by atoms with Gasteiger partial charge in [-0.1, -0.05) is 42.5 Å². The fraction of sp³-hybridized carbons (Fsp3) is 0.0968. The first-order valence-corrected chi connectivity index (χ1v) is 13.5. The molecule has 2 N–H and O–H groups in total. The Bertz CT molecular complexity index is 1960. The van der Waals surface area contributed by atoms with E-state index in [0.29, 0.717) is 17.0 Å². The Morgan fingerprint density at radius 3 is 2.29 bits per heavy atom. The van der Waals surface area contributed by atoms with E-state index in [0.717, 1.165) is 29.2 Å². The maximum absolute atomic E-state index is 13.4. The molecule has 0 saturated carbocycles. The predicted octanol–water partition coefficient (Wildman–Crippen LogP) is 6.77. The van der Waals surface area contributed by atoms with Gasteiger partial charge in [-0.05, 0) is 29.8 Å². The number of benzene rings is 2. The number of alkyl halides is 3. The molecule has 0 aliphatic carbocycles. The van der Waals surface area contributed by atoms with Crippen LogP contribution in [0.3, 0.4) is 0 Å². The second-order valence-corrected chi connectivity index (χ2v) is 9.95. The summed E-state index contributed by atoms with van der Waals surface area (Å²) in [5, 5.41) is 9.33. The number of pyridine rings is 1. The van der Waals surface area contributed by atoms with Crippen molar-refractivity contribution in [3.05, 3.63) is 103 Å². The number of anilines is 3. The quantitative estimate of drug-likeness (QED) is 0.203. The van der Waals surface area contributed by atoms with Gasteiger partial charge in [0.25, 0.3) is 0 Å². The van der Waals surface area contributed by atoms with Crippen LogP contribution in [0.25, 0.3) is 28.0 Å². The van der Waals surface area contributed by atoms with Gasteiger partial charge in [-0.15, -0.1) is 0 Å². The lowest BCUT2D eigenvalue weighted by molar-refractivity contribution is -0.137. The van der Waals surface area contributed by atoms with Gasteiger partial charge in [0, 0.05) is 37.6 Å². The summed E-state index contributed by atoms with van der Waals surface area (Å²) >= 11 is 0. The van der Waals surface area contributed by atoms with Crippen LogP contribution in [0, 0.1) is 0 Å². The molecule has 0 aliphatic heterocycles. The molecule has 2 aromatic carbocycles. The van der Waals surface area contributed by atoms with Crippen molar-refractivity contribution in [3.8, 4) is 34.1 Å². The number of nitrogens with zero attached hydrogens (tertiary/aromatic N) is 7. The average Bonchev–Trinajstić information content (AvgIpc) is 3.46. The van der Waals surface area contributed by atoms with E-state index in [4.69, 9.17) is 4.74 Å². The van der Waals surface area contributed by atoms with Gasteiger partial charge >= 0.3 is 18.2 Å². The average molecular weight is 612 g/mol. The molecule has 226 valence electrons. The van der Waals surface area contributed by atoms with Gasteiger partial charge in [0.2, 0.25) is 0 Å². The standard InChI is InChI=1S/C31H24F3N9O2/c1-42(2)26-12-13-43-28(41-26)24(18-38-43)19-8-10-23(11-9-19)45-30-36-16-22(17-37-30)39-29(44)40-25-14-21(31(32,33)34)15-35-27(25)20-6-4-3-5-7-20/h3-18H,1-2H3,(H2,39,40,44). The van der Waals surface area contributed by atoms with Crippen molar-refractivity contribution >= 4 is 28.9 Å². The first-order valence-electron chi connectivity index (χ1n) is 13.5. The largest absolute Gasteiger partial charge is 0.424 e. The molecule has 6 aromatic rings. The SMILES string of the molecule is CN(C)c1ccn2ncc(-c3ccc(Oc4ncc(NC(=O)Nc5cc(C(F)(F)F)cnc5-c5ccccc5)cn4)cc3)c2n1. The molecule has 0 aliphatic rings. The summed E-state index contributed by atoms with van der Waals surface area (Å²) < 4.78 is 47.5. The molecule has 0 bridgehead atoms. The highest BCUT2D eigenvalue weighted by Gasteiger charge is 2.32. The summed E-state index contributed by atoms with van der Waals surface area (Å²) in [6, 6.07) is 17.7. The molecule has 0 unspecified atom stereocenters. The van der Waals surface area contributed by atoms with E-state index >= 15 is 0 Å². The lowest BCUT2D eigenvalue weighted by Crippen LogP contribution is -2.21. The molecule has 0 spiro atoms. The molecule has 6 rings (SSSR count). The zero-order valence-electron chi connectivity index (χ0n) is 23.8. The van der Waals surface area contributed by atoms with E-state index in [2.05, 4.69) is 35.7 Å². The van der Waals surface area contributed by atoms with Crippen LogP contribution in [-0.2, 0) is 6.18 Å². The third-order valence-electron chi connectivity index (χ3n) is 6.58. The van der Waals surface area contributed by atoms with E-state index < -0.39 is 17.8 Å². The summed E-state index contributed by atoms with van der Waals surface area (Å²) in [6.07, 6.45) is 2.30. The number of carbonyl (C=O) groups excluding carboxylic acids is 1. The topological polar surface area (TPSA) is 122 Å². The number of aromatic nitrogens is 6. The zero-order chi connectivity index (χ0) is 31.6.